The highest BCUT2D eigenvalue weighted by molar-refractivity contribution is 7.98. The molecule has 180 valence electrons. The summed E-state index contributed by atoms with van der Waals surface area (Å²) < 4.78 is 5.18. The lowest BCUT2D eigenvalue weighted by Gasteiger charge is -2.13. The van der Waals surface area contributed by atoms with Crippen molar-refractivity contribution in [3.63, 3.8) is 0 Å². The highest BCUT2D eigenvalue weighted by Crippen LogP contribution is 2.29. The van der Waals surface area contributed by atoms with Gasteiger partial charge in [0.15, 0.2) is 12.4 Å². The Kier molecular flexibility index (Phi) is 8.03. The number of nitro benzene ring substituents is 1. The topological polar surface area (TPSA) is 116 Å². The molecule has 3 aromatic rings. The number of nitro groups is 1. The van der Waals surface area contributed by atoms with E-state index >= 15 is 0 Å². The molecule has 1 N–H and O–H groups in total. The van der Waals surface area contributed by atoms with Crippen LogP contribution in [0, 0.1) is 30.9 Å². The van der Waals surface area contributed by atoms with Crippen LogP contribution in [0.5, 0.6) is 0 Å². The Balaban J connectivity index is 1.77. The molecule has 0 radical (unpaired) electrons. The number of anilines is 1. The average molecular weight is 493 g/mol. The monoisotopic (exact) mass is 492 g/mol. The van der Waals surface area contributed by atoms with Gasteiger partial charge >= 0.3 is 5.97 Å². The first-order valence-electron chi connectivity index (χ1n) is 10.6. The predicted octanol–water partition coefficient (Wildman–Crippen LogP) is 5.27. The number of aryl methyl sites for hydroxylation is 3. The van der Waals surface area contributed by atoms with Crippen LogP contribution in [0.2, 0.25) is 0 Å². The molecule has 0 aliphatic heterocycles. The Morgan fingerprint density at radius 2 is 1.60 bits per heavy atom. The molecule has 0 atom stereocenters. The zero-order valence-corrected chi connectivity index (χ0v) is 20.5. The van der Waals surface area contributed by atoms with Gasteiger partial charge in [-0.05, 0) is 56.4 Å². The van der Waals surface area contributed by atoms with E-state index in [1.165, 1.54) is 42.1 Å². The third-order valence-electron chi connectivity index (χ3n) is 5.31. The molecule has 0 unspecified atom stereocenters. The standard InChI is InChI=1S/C26H24N2O6S/c1-15-11-16(2)24(17(3)12-15)27-23(29)14-34-26(31)20-8-6-5-7-19(20)25(30)18-9-10-22(35-4)21(13-18)28(32)33/h5-13H,14H2,1-4H3,(H,27,29). The number of benzene rings is 3. The van der Waals surface area contributed by atoms with Crippen molar-refractivity contribution >= 4 is 40.8 Å². The summed E-state index contributed by atoms with van der Waals surface area (Å²) in [6, 6.07) is 14.0. The molecule has 0 saturated heterocycles. The van der Waals surface area contributed by atoms with E-state index in [2.05, 4.69) is 5.32 Å². The van der Waals surface area contributed by atoms with Crippen molar-refractivity contribution in [3.8, 4) is 0 Å². The van der Waals surface area contributed by atoms with Crippen molar-refractivity contribution in [2.75, 3.05) is 18.2 Å². The summed E-state index contributed by atoms with van der Waals surface area (Å²) in [4.78, 5) is 49.5. The molecule has 3 rings (SSSR count). The lowest BCUT2D eigenvalue weighted by Crippen LogP contribution is -2.23. The number of nitrogens with zero attached hydrogens (tertiary/aromatic N) is 1. The minimum Gasteiger partial charge on any atom is -0.452 e. The van der Waals surface area contributed by atoms with Gasteiger partial charge in [0, 0.05) is 22.9 Å². The van der Waals surface area contributed by atoms with E-state index in [-0.39, 0.29) is 22.4 Å². The number of hydrogen-bond donors (Lipinski definition) is 1. The summed E-state index contributed by atoms with van der Waals surface area (Å²) in [6.07, 6.45) is 1.70. The number of hydrogen-bond acceptors (Lipinski definition) is 7. The molecule has 0 saturated carbocycles. The number of esters is 1. The maximum Gasteiger partial charge on any atom is 0.339 e. The van der Waals surface area contributed by atoms with Crippen LogP contribution in [0.15, 0.2) is 59.5 Å². The number of ether oxygens (including phenoxy) is 1. The maximum absolute atomic E-state index is 13.1. The molecule has 0 aromatic heterocycles. The molecule has 1 amide bonds. The van der Waals surface area contributed by atoms with Crippen molar-refractivity contribution in [2.24, 2.45) is 0 Å². The summed E-state index contributed by atoms with van der Waals surface area (Å²) >= 11 is 1.20. The van der Waals surface area contributed by atoms with E-state index in [1.807, 2.05) is 32.9 Å². The third-order valence-corrected chi connectivity index (χ3v) is 6.09. The van der Waals surface area contributed by atoms with Gasteiger partial charge in [-0.2, -0.15) is 0 Å². The van der Waals surface area contributed by atoms with E-state index < -0.39 is 29.2 Å². The van der Waals surface area contributed by atoms with Crippen molar-refractivity contribution in [3.05, 3.63) is 98.1 Å². The predicted molar refractivity (Wildman–Crippen MR) is 134 cm³/mol. The van der Waals surface area contributed by atoms with Crippen LogP contribution < -0.4 is 5.32 Å². The molecule has 0 fully saturated rings. The van der Waals surface area contributed by atoms with Gasteiger partial charge in [0.05, 0.1) is 15.4 Å². The van der Waals surface area contributed by atoms with Crippen LogP contribution in [0.25, 0.3) is 0 Å². The molecule has 35 heavy (non-hydrogen) atoms. The molecular weight excluding hydrogens is 468 g/mol. The van der Waals surface area contributed by atoms with Gasteiger partial charge in [-0.1, -0.05) is 35.9 Å². The lowest BCUT2D eigenvalue weighted by molar-refractivity contribution is -0.387. The second-order valence-electron chi connectivity index (χ2n) is 7.92. The van der Waals surface area contributed by atoms with E-state index in [1.54, 1.807) is 18.4 Å². The number of ketones is 1. The Morgan fingerprint density at radius 1 is 0.971 bits per heavy atom. The fourth-order valence-corrected chi connectivity index (χ4v) is 4.30. The molecule has 0 spiro atoms. The average Bonchev–Trinajstić information content (AvgIpc) is 2.83. The highest BCUT2D eigenvalue weighted by Gasteiger charge is 2.23. The molecule has 0 aliphatic rings. The minimum absolute atomic E-state index is 0.0225. The van der Waals surface area contributed by atoms with Crippen molar-refractivity contribution < 1.29 is 24.0 Å². The first-order chi connectivity index (χ1) is 16.6. The Hall–Kier alpha value is -3.98. The van der Waals surface area contributed by atoms with Gasteiger partial charge in [-0.25, -0.2) is 4.79 Å². The Bertz CT molecular complexity index is 1310. The number of amides is 1. The Labute approximate surface area is 206 Å². The zero-order valence-electron chi connectivity index (χ0n) is 19.7. The van der Waals surface area contributed by atoms with E-state index in [9.17, 15) is 24.5 Å². The number of thioether (sulfide) groups is 1. The molecule has 0 bridgehead atoms. The Morgan fingerprint density at radius 3 is 2.20 bits per heavy atom. The van der Waals surface area contributed by atoms with Crippen LogP contribution in [-0.2, 0) is 9.53 Å². The minimum atomic E-state index is -0.850. The van der Waals surface area contributed by atoms with Crippen LogP contribution in [0.1, 0.15) is 43.0 Å². The molecule has 0 heterocycles. The van der Waals surface area contributed by atoms with Crippen LogP contribution >= 0.6 is 11.8 Å². The normalized spacial score (nSPS) is 10.5. The first-order valence-corrected chi connectivity index (χ1v) is 11.9. The van der Waals surface area contributed by atoms with E-state index in [0.29, 0.717) is 10.6 Å². The van der Waals surface area contributed by atoms with Gasteiger partial charge < -0.3 is 10.1 Å². The lowest BCUT2D eigenvalue weighted by atomic mass is 9.98. The summed E-state index contributed by atoms with van der Waals surface area (Å²) in [5.74, 6) is -1.93. The number of nitrogens with one attached hydrogen (secondary N) is 1. The number of carbonyl (C=O) groups excluding carboxylic acids is 3. The van der Waals surface area contributed by atoms with Crippen LogP contribution in [-0.4, -0.2) is 35.4 Å². The summed E-state index contributed by atoms with van der Waals surface area (Å²) in [5.41, 5.74) is 3.36. The summed E-state index contributed by atoms with van der Waals surface area (Å²) in [5, 5.41) is 14.1. The fraction of sp³-hybridized carbons (Fsp3) is 0.192. The number of rotatable bonds is 8. The van der Waals surface area contributed by atoms with Crippen molar-refractivity contribution in [2.45, 2.75) is 25.7 Å². The van der Waals surface area contributed by atoms with Crippen LogP contribution in [0.3, 0.4) is 0 Å². The smallest absolute Gasteiger partial charge is 0.339 e. The maximum atomic E-state index is 13.1. The summed E-state index contributed by atoms with van der Waals surface area (Å²) in [6.45, 7) is 5.17. The highest BCUT2D eigenvalue weighted by atomic mass is 32.2. The largest absolute Gasteiger partial charge is 0.452 e. The number of carbonyl (C=O) groups is 3. The third kappa shape index (κ3) is 5.93. The molecular formula is C26H24N2O6S. The van der Waals surface area contributed by atoms with Gasteiger partial charge in [0.25, 0.3) is 11.6 Å². The van der Waals surface area contributed by atoms with Crippen LogP contribution in [0.4, 0.5) is 11.4 Å². The molecule has 0 aliphatic carbocycles. The van der Waals surface area contributed by atoms with Crippen molar-refractivity contribution in [1.82, 2.24) is 0 Å². The molecule has 9 heteroatoms. The van der Waals surface area contributed by atoms with Gasteiger partial charge in [0.1, 0.15) is 0 Å². The summed E-state index contributed by atoms with van der Waals surface area (Å²) in [7, 11) is 0. The molecule has 8 nitrogen and oxygen atoms in total. The second kappa shape index (κ2) is 11.0. The van der Waals surface area contributed by atoms with E-state index in [4.69, 9.17) is 4.74 Å². The van der Waals surface area contributed by atoms with E-state index in [0.717, 1.165) is 16.7 Å². The second-order valence-corrected chi connectivity index (χ2v) is 8.76. The van der Waals surface area contributed by atoms with Crippen molar-refractivity contribution in [1.29, 1.82) is 0 Å². The quantitative estimate of drug-likeness (QED) is 0.150. The molecule has 3 aromatic carbocycles. The van der Waals surface area contributed by atoms with Gasteiger partial charge in [-0.3, -0.25) is 19.7 Å². The van der Waals surface area contributed by atoms with Gasteiger partial charge in [-0.15, -0.1) is 11.8 Å². The first kappa shape index (κ1) is 25.6. The zero-order chi connectivity index (χ0) is 25.7. The van der Waals surface area contributed by atoms with Gasteiger partial charge in [0.2, 0.25) is 0 Å². The SMILES string of the molecule is CSc1ccc(C(=O)c2ccccc2C(=O)OCC(=O)Nc2c(C)cc(C)cc2C)cc1[N+](=O)[O-]. The fourth-order valence-electron chi connectivity index (χ4n) is 3.75.